The Labute approximate surface area is 115 Å². The summed E-state index contributed by atoms with van der Waals surface area (Å²) in [6.07, 6.45) is 0.565. The van der Waals surface area contributed by atoms with Crippen molar-refractivity contribution in [1.29, 1.82) is 0 Å². The van der Waals surface area contributed by atoms with E-state index in [9.17, 15) is 13.2 Å². The van der Waals surface area contributed by atoms with Crippen LogP contribution in [0.5, 0.6) is 0 Å². The molecule has 1 atom stereocenters. The predicted octanol–water partition coefficient (Wildman–Crippen LogP) is 3.07. The zero-order valence-electron chi connectivity index (χ0n) is 11.1. The minimum absolute atomic E-state index is 0.297. The third-order valence-corrected chi connectivity index (χ3v) is 3.27. The second-order valence-electron chi connectivity index (χ2n) is 4.72. The van der Waals surface area contributed by atoms with E-state index in [1.807, 2.05) is 17.8 Å². The van der Waals surface area contributed by atoms with Gasteiger partial charge in [0.1, 0.15) is 5.82 Å². The average Bonchev–Trinajstić information content (AvgIpc) is 2.81. The van der Waals surface area contributed by atoms with Gasteiger partial charge in [0.25, 0.3) is 0 Å². The third-order valence-electron chi connectivity index (χ3n) is 3.27. The van der Waals surface area contributed by atoms with Gasteiger partial charge in [-0.05, 0) is 24.1 Å². The summed E-state index contributed by atoms with van der Waals surface area (Å²) in [5.74, 6) is 0.910. The lowest BCUT2D eigenvalue weighted by Gasteiger charge is -2.13. The zero-order chi connectivity index (χ0) is 14.8. The number of benzene rings is 1. The van der Waals surface area contributed by atoms with Gasteiger partial charge in [-0.3, -0.25) is 0 Å². The topological polar surface area (TPSA) is 43.8 Å². The van der Waals surface area contributed by atoms with Gasteiger partial charge < -0.3 is 10.3 Å². The van der Waals surface area contributed by atoms with Crippen LogP contribution >= 0.6 is 0 Å². The van der Waals surface area contributed by atoms with E-state index in [1.54, 1.807) is 6.20 Å². The molecular formula is C14H16F3N3. The molecule has 0 spiro atoms. The van der Waals surface area contributed by atoms with Gasteiger partial charge in [0.05, 0.1) is 5.56 Å². The maximum atomic E-state index is 12.5. The van der Waals surface area contributed by atoms with E-state index in [0.717, 1.165) is 18.0 Å². The van der Waals surface area contributed by atoms with Crippen LogP contribution in [0.15, 0.2) is 36.7 Å². The number of hydrogen-bond donors (Lipinski definition) is 1. The smallest absolute Gasteiger partial charge is 0.338 e. The number of aromatic nitrogens is 2. The Morgan fingerprint density at radius 3 is 2.40 bits per heavy atom. The molecule has 1 aromatic heterocycles. The second kappa shape index (κ2) is 5.66. The second-order valence-corrected chi connectivity index (χ2v) is 4.72. The molecule has 2 aromatic rings. The van der Waals surface area contributed by atoms with Crippen molar-refractivity contribution < 1.29 is 13.2 Å². The summed E-state index contributed by atoms with van der Waals surface area (Å²) in [6, 6.07) is 4.71. The quantitative estimate of drug-likeness (QED) is 0.937. The number of nitrogens with zero attached hydrogens (tertiary/aromatic N) is 2. The van der Waals surface area contributed by atoms with E-state index in [-0.39, 0.29) is 6.04 Å². The minimum Gasteiger partial charge on any atom is -0.338 e. The predicted molar refractivity (Wildman–Crippen MR) is 69.9 cm³/mol. The number of hydrogen-bond acceptors (Lipinski definition) is 2. The van der Waals surface area contributed by atoms with Crippen LogP contribution in [-0.2, 0) is 19.6 Å². The molecule has 0 aliphatic heterocycles. The van der Waals surface area contributed by atoms with Gasteiger partial charge >= 0.3 is 6.18 Å². The molecule has 0 radical (unpaired) electrons. The van der Waals surface area contributed by atoms with Gasteiger partial charge in [-0.2, -0.15) is 13.2 Å². The van der Waals surface area contributed by atoms with Gasteiger partial charge in [-0.1, -0.05) is 12.1 Å². The van der Waals surface area contributed by atoms with E-state index >= 15 is 0 Å². The number of imidazole rings is 1. The van der Waals surface area contributed by atoms with Gasteiger partial charge in [-0.15, -0.1) is 0 Å². The highest BCUT2D eigenvalue weighted by atomic mass is 19.4. The minimum atomic E-state index is -4.31. The first-order valence-electron chi connectivity index (χ1n) is 6.27. The molecule has 0 fully saturated rings. The molecule has 3 nitrogen and oxygen atoms in total. The monoisotopic (exact) mass is 283 g/mol. The molecule has 2 rings (SSSR count). The first-order valence-corrected chi connectivity index (χ1v) is 6.27. The van der Waals surface area contributed by atoms with Crippen LogP contribution in [0.1, 0.15) is 29.4 Å². The number of aryl methyl sites for hydroxylation is 2. The molecule has 1 aromatic carbocycles. The van der Waals surface area contributed by atoms with Crippen molar-refractivity contribution in [3.63, 3.8) is 0 Å². The first-order chi connectivity index (χ1) is 9.38. The van der Waals surface area contributed by atoms with E-state index in [2.05, 4.69) is 4.98 Å². The lowest BCUT2D eigenvalue weighted by Crippen LogP contribution is -2.13. The Kier molecular flexibility index (Phi) is 4.13. The number of halogens is 3. The Bertz CT molecular complexity index is 558. The van der Waals surface area contributed by atoms with Crippen molar-refractivity contribution in [2.45, 2.75) is 25.1 Å². The van der Waals surface area contributed by atoms with E-state index in [1.165, 1.54) is 12.1 Å². The van der Waals surface area contributed by atoms with Crippen molar-refractivity contribution in [1.82, 2.24) is 9.55 Å². The van der Waals surface area contributed by atoms with Gasteiger partial charge in [-0.25, -0.2) is 4.98 Å². The third kappa shape index (κ3) is 3.39. The SMILES string of the molecule is Cn1ccnc1CCC(N)c1ccc(C(F)(F)F)cc1. The molecule has 0 aliphatic rings. The summed E-state index contributed by atoms with van der Waals surface area (Å²) in [4.78, 5) is 4.19. The summed E-state index contributed by atoms with van der Waals surface area (Å²) in [6.45, 7) is 0. The van der Waals surface area contributed by atoms with Gasteiger partial charge in [0.2, 0.25) is 0 Å². The molecule has 20 heavy (non-hydrogen) atoms. The Morgan fingerprint density at radius 2 is 1.90 bits per heavy atom. The molecule has 6 heteroatoms. The highest BCUT2D eigenvalue weighted by Crippen LogP contribution is 2.30. The maximum Gasteiger partial charge on any atom is 0.416 e. The molecule has 0 bridgehead atoms. The van der Waals surface area contributed by atoms with Crippen molar-refractivity contribution >= 4 is 0 Å². The normalized spacial score (nSPS) is 13.4. The fraction of sp³-hybridized carbons (Fsp3) is 0.357. The Balaban J connectivity index is 1.99. The molecule has 1 heterocycles. The lowest BCUT2D eigenvalue weighted by molar-refractivity contribution is -0.137. The van der Waals surface area contributed by atoms with Crippen molar-refractivity contribution in [3.8, 4) is 0 Å². The fourth-order valence-corrected chi connectivity index (χ4v) is 2.01. The van der Waals surface area contributed by atoms with Crippen molar-refractivity contribution in [2.24, 2.45) is 12.8 Å². The largest absolute Gasteiger partial charge is 0.416 e. The molecular weight excluding hydrogens is 267 g/mol. The lowest BCUT2D eigenvalue weighted by atomic mass is 10.0. The molecule has 0 aliphatic carbocycles. The molecule has 0 amide bonds. The van der Waals surface area contributed by atoms with Crippen LogP contribution in [0.25, 0.3) is 0 Å². The van der Waals surface area contributed by atoms with E-state index in [4.69, 9.17) is 5.73 Å². The molecule has 1 unspecified atom stereocenters. The molecule has 108 valence electrons. The highest BCUT2D eigenvalue weighted by Gasteiger charge is 2.30. The summed E-state index contributed by atoms with van der Waals surface area (Å²) in [5.41, 5.74) is 6.05. The van der Waals surface area contributed by atoms with Crippen LogP contribution < -0.4 is 5.73 Å². The Morgan fingerprint density at radius 1 is 1.25 bits per heavy atom. The summed E-state index contributed by atoms with van der Waals surface area (Å²) in [5, 5.41) is 0. The van der Waals surface area contributed by atoms with E-state index in [0.29, 0.717) is 18.4 Å². The molecule has 0 saturated heterocycles. The molecule has 2 N–H and O–H groups in total. The summed E-state index contributed by atoms with van der Waals surface area (Å²) >= 11 is 0. The van der Waals surface area contributed by atoms with Crippen molar-refractivity contribution in [3.05, 3.63) is 53.6 Å². The van der Waals surface area contributed by atoms with Crippen LogP contribution in [0.2, 0.25) is 0 Å². The number of nitrogens with two attached hydrogens (primary N) is 1. The number of rotatable bonds is 4. The van der Waals surface area contributed by atoms with E-state index < -0.39 is 11.7 Å². The first kappa shape index (κ1) is 14.6. The van der Waals surface area contributed by atoms with Crippen LogP contribution in [-0.4, -0.2) is 9.55 Å². The number of alkyl halides is 3. The average molecular weight is 283 g/mol. The Hall–Kier alpha value is -1.82. The zero-order valence-corrected chi connectivity index (χ0v) is 11.1. The molecule has 0 saturated carbocycles. The van der Waals surface area contributed by atoms with Crippen molar-refractivity contribution in [2.75, 3.05) is 0 Å². The summed E-state index contributed by atoms with van der Waals surface area (Å²) < 4.78 is 39.3. The maximum absolute atomic E-state index is 12.5. The standard InChI is InChI=1S/C14H16F3N3/c1-20-9-8-19-13(20)7-6-12(18)10-2-4-11(5-3-10)14(15,16)17/h2-5,8-9,12H,6-7,18H2,1H3. The van der Waals surface area contributed by atoms with Crippen LogP contribution in [0.3, 0.4) is 0 Å². The summed E-state index contributed by atoms with van der Waals surface area (Å²) in [7, 11) is 1.89. The fourth-order valence-electron chi connectivity index (χ4n) is 2.01. The highest BCUT2D eigenvalue weighted by molar-refractivity contribution is 5.26. The van der Waals surface area contributed by atoms with Gasteiger partial charge in [0, 0.05) is 31.9 Å². The van der Waals surface area contributed by atoms with Crippen LogP contribution in [0, 0.1) is 0 Å². The van der Waals surface area contributed by atoms with Crippen LogP contribution in [0.4, 0.5) is 13.2 Å². The van der Waals surface area contributed by atoms with Gasteiger partial charge in [0.15, 0.2) is 0 Å².